The second kappa shape index (κ2) is 4.54. The zero-order valence-electron chi connectivity index (χ0n) is 11.8. The molecule has 2 saturated heterocycles. The van der Waals surface area contributed by atoms with Gasteiger partial charge in [0.2, 0.25) is 5.82 Å². The summed E-state index contributed by atoms with van der Waals surface area (Å²) in [5, 5.41) is 11.4. The van der Waals surface area contributed by atoms with Gasteiger partial charge in [0.15, 0.2) is 0 Å². The van der Waals surface area contributed by atoms with Crippen molar-refractivity contribution in [3.8, 4) is 0 Å². The molecule has 3 N–H and O–H groups in total. The fraction of sp³-hybridized carbons (Fsp3) is 0.583. The third kappa shape index (κ3) is 2.14. The molecule has 2 aliphatic rings. The highest BCUT2D eigenvalue weighted by molar-refractivity contribution is 6.08. The Labute approximate surface area is 120 Å². The van der Waals surface area contributed by atoms with Crippen LogP contribution in [0.4, 0.5) is 4.79 Å². The van der Waals surface area contributed by atoms with Crippen molar-refractivity contribution >= 4 is 17.8 Å². The Kier molecular flexibility index (Phi) is 2.92. The molecule has 1 atom stereocenters. The maximum Gasteiger partial charge on any atom is 0.322 e. The van der Waals surface area contributed by atoms with E-state index in [0.717, 1.165) is 0 Å². The highest BCUT2D eigenvalue weighted by Gasteiger charge is 2.52. The van der Waals surface area contributed by atoms with Crippen molar-refractivity contribution in [3.63, 3.8) is 0 Å². The molecular weight excluding hydrogens is 276 g/mol. The van der Waals surface area contributed by atoms with Crippen molar-refractivity contribution < 1.29 is 14.4 Å². The summed E-state index contributed by atoms with van der Waals surface area (Å²) in [7, 11) is 0. The average molecular weight is 292 g/mol. The van der Waals surface area contributed by atoms with Crippen LogP contribution in [0.5, 0.6) is 0 Å². The van der Waals surface area contributed by atoms with E-state index >= 15 is 0 Å². The van der Waals surface area contributed by atoms with Gasteiger partial charge in [-0.2, -0.15) is 0 Å². The molecule has 2 fully saturated rings. The number of nitrogens with one attached hydrogen (secondary N) is 3. The molecular formula is C12H16N6O3. The molecule has 9 nitrogen and oxygen atoms in total. The summed E-state index contributed by atoms with van der Waals surface area (Å²) in [5.74, 6) is 0.133. The molecule has 0 bridgehead atoms. The van der Waals surface area contributed by atoms with Crippen LogP contribution in [0.3, 0.4) is 0 Å². The van der Waals surface area contributed by atoms with E-state index in [1.165, 1.54) is 4.90 Å². The number of imide groups is 1. The molecule has 3 heterocycles. The Morgan fingerprint density at radius 2 is 2.14 bits per heavy atom. The molecule has 1 unspecified atom stereocenters. The van der Waals surface area contributed by atoms with Gasteiger partial charge in [-0.1, -0.05) is 13.8 Å². The molecule has 21 heavy (non-hydrogen) atoms. The smallest absolute Gasteiger partial charge is 0.322 e. The lowest BCUT2D eigenvalue weighted by molar-refractivity contribution is -0.123. The first kappa shape index (κ1) is 13.5. The van der Waals surface area contributed by atoms with Crippen LogP contribution in [-0.4, -0.2) is 56.6 Å². The van der Waals surface area contributed by atoms with E-state index in [1.807, 2.05) is 13.8 Å². The fourth-order valence-electron chi connectivity index (χ4n) is 2.57. The van der Waals surface area contributed by atoms with Crippen LogP contribution in [0.25, 0.3) is 0 Å². The van der Waals surface area contributed by atoms with Crippen LogP contribution in [0.2, 0.25) is 0 Å². The standard InChI is InChI=1S/C12H16N6O3/c1-6(2)7-13-8(17-16-7)9(19)18-4-3-12(5-18)10(20)14-11(21)15-12/h6H,3-5H2,1-2H3,(H,13,16,17)(H2,14,15,20,21). The Bertz CT molecular complexity index is 624. The monoisotopic (exact) mass is 292 g/mol. The van der Waals surface area contributed by atoms with Gasteiger partial charge in [-0.15, -0.1) is 5.10 Å². The highest BCUT2D eigenvalue weighted by atomic mass is 16.2. The normalized spacial score (nSPS) is 24.8. The van der Waals surface area contributed by atoms with Gasteiger partial charge in [0.25, 0.3) is 11.8 Å². The van der Waals surface area contributed by atoms with Crippen molar-refractivity contribution in [2.24, 2.45) is 0 Å². The maximum atomic E-state index is 12.3. The second-order valence-corrected chi connectivity index (χ2v) is 5.67. The average Bonchev–Trinajstić information content (AvgIpc) is 3.10. The second-order valence-electron chi connectivity index (χ2n) is 5.67. The predicted molar refractivity (Wildman–Crippen MR) is 70.4 cm³/mol. The van der Waals surface area contributed by atoms with Gasteiger partial charge in [0.1, 0.15) is 11.4 Å². The van der Waals surface area contributed by atoms with E-state index in [1.54, 1.807) is 0 Å². The van der Waals surface area contributed by atoms with Crippen LogP contribution >= 0.6 is 0 Å². The first-order chi connectivity index (χ1) is 9.91. The largest absolute Gasteiger partial charge is 0.333 e. The van der Waals surface area contributed by atoms with Crippen LogP contribution in [0, 0.1) is 0 Å². The third-order valence-corrected chi connectivity index (χ3v) is 3.81. The summed E-state index contributed by atoms with van der Waals surface area (Å²) in [6.45, 7) is 4.39. The zero-order valence-corrected chi connectivity index (χ0v) is 11.8. The van der Waals surface area contributed by atoms with Crippen LogP contribution in [0.1, 0.15) is 42.6 Å². The molecule has 1 aromatic heterocycles. The van der Waals surface area contributed by atoms with E-state index in [9.17, 15) is 14.4 Å². The van der Waals surface area contributed by atoms with Crippen molar-refractivity contribution in [1.29, 1.82) is 0 Å². The minimum Gasteiger partial charge on any atom is -0.333 e. The predicted octanol–water partition coefficient (Wildman–Crippen LogP) is -0.648. The summed E-state index contributed by atoms with van der Waals surface area (Å²) in [6.07, 6.45) is 0.387. The number of rotatable bonds is 2. The van der Waals surface area contributed by atoms with E-state index in [-0.39, 0.29) is 30.1 Å². The lowest BCUT2D eigenvalue weighted by atomic mass is 10.00. The molecule has 1 aromatic rings. The number of amides is 4. The third-order valence-electron chi connectivity index (χ3n) is 3.81. The number of hydrogen-bond acceptors (Lipinski definition) is 5. The molecule has 9 heteroatoms. The van der Waals surface area contributed by atoms with E-state index in [4.69, 9.17) is 0 Å². The molecule has 1 spiro atoms. The van der Waals surface area contributed by atoms with Gasteiger partial charge >= 0.3 is 6.03 Å². The SMILES string of the molecule is CC(C)c1nc(C(=O)N2CCC3(C2)NC(=O)NC3=O)n[nH]1. The van der Waals surface area contributed by atoms with Crippen molar-refractivity contribution in [2.75, 3.05) is 13.1 Å². The topological polar surface area (TPSA) is 120 Å². The molecule has 0 aromatic carbocycles. The minimum absolute atomic E-state index is 0.0838. The number of carbonyl (C=O) groups excluding carboxylic acids is 3. The van der Waals surface area contributed by atoms with Crippen molar-refractivity contribution in [3.05, 3.63) is 11.6 Å². The Morgan fingerprint density at radius 1 is 1.38 bits per heavy atom. The molecule has 4 amide bonds. The van der Waals surface area contributed by atoms with Gasteiger partial charge in [0, 0.05) is 12.5 Å². The van der Waals surface area contributed by atoms with Gasteiger partial charge < -0.3 is 10.2 Å². The number of likely N-dealkylation sites (tertiary alicyclic amines) is 1. The van der Waals surface area contributed by atoms with Gasteiger partial charge in [-0.05, 0) is 6.42 Å². The maximum absolute atomic E-state index is 12.3. The quantitative estimate of drug-likeness (QED) is 0.626. The van der Waals surface area contributed by atoms with Gasteiger partial charge in [-0.25, -0.2) is 9.78 Å². The van der Waals surface area contributed by atoms with Gasteiger partial charge in [0.05, 0.1) is 6.54 Å². The molecule has 2 aliphatic heterocycles. The summed E-state index contributed by atoms with van der Waals surface area (Å²) >= 11 is 0. The lowest BCUT2D eigenvalue weighted by Gasteiger charge is -2.20. The highest BCUT2D eigenvalue weighted by Crippen LogP contribution is 2.25. The Hall–Kier alpha value is -2.45. The molecule has 0 aliphatic carbocycles. The van der Waals surface area contributed by atoms with Crippen LogP contribution < -0.4 is 10.6 Å². The number of hydrogen-bond donors (Lipinski definition) is 3. The Balaban J connectivity index is 1.75. The molecule has 3 rings (SSSR count). The van der Waals surface area contributed by atoms with E-state index < -0.39 is 11.6 Å². The summed E-state index contributed by atoms with van der Waals surface area (Å²) in [5.41, 5.74) is -1.01. The molecule has 0 saturated carbocycles. The molecule has 0 radical (unpaired) electrons. The number of aromatic amines is 1. The van der Waals surface area contributed by atoms with E-state index in [0.29, 0.717) is 18.8 Å². The van der Waals surface area contributed by atoms with Crippen molar-refractivity contribution in [2.45, 2.75) is 31.7 Å². The summed E-state index contributed by atoms with van der Waals surface area (Å²) < 4.78 is 0. The lowest BCUT2D eigenvalue weighted by Crippen LogP contribution is -2.49. The van der Waals surface area contributed by atoms with Gasteiger partial charge in [-0.3, -0.25) is 20.0 Å². The molecule has 112 valence electrons. The number of carbonyl (C=O) groups is 3. The van der Waals surface area contributed by atoms with Crippen LogP contribution in [0.15, 0.2) is 0 Å². The first-order valence-electron chi connectivity index (χ1n) is 6.76. The summed E-state index contributed by atoms with van der Waals surface area (Å²) in [4.78, 5) is 41.1. The fourth-order valence-corrected chi connectivity index (χ4v) is 2.57. The zero-order chi connectivity index (χ0) is 15.2. The number of aromatic nitrogens is 3. The number of nitrogens with zero attached hydrogens (tertiary/aromatic N) is 3. The Morgan fingerprint density at radius 3 is 2.71 bits per heavy atom. The minimum atomic E-state index is -1.01. The number of urea groups is 1. The first-order valence-corrected chi connectivity index (χ1v) is 6.76. The summed E-state index contributed by atoms with van der Waals surface area (Å²) in [6, 6.07) is -0.519. The van der Waals surface area contributed by atoms with Crippen LogP contribution in [-0.2, 0) is 4.79 Å². The van der Waals surface area contributed by atoms with Crippen molar-refractivity contribution in [1.82, 2.24) is 30.7 Å². The van der Waals surface area contributed by atoms with E-state index in [2.05, 4.69) is 25.8 Å². The number of H-pyrrole nitrogens is 1.